The molecule has 0 spiro atoms. The molecule has 17 heavy (non-hydrogen) atoms. The topological polar surface area (TPSA) is 90.7 Å². The highest BCUT2D eigenvalue weighted by Gasteiger charge is 2.08. The minimum Gasteiger partial charge on any atom is -0.383 e. The Morgan fingerprint density at radius 2 is 2.35 bits per heavy atom. The van der Waals surface area contributed by atoms with Crippen LogP contribution >= 0.6 is 23.1 Å². The molecule has 0 aliphatic heterocycles. The maximum Gasteiger partial charge on any atom is 0.213 e. The molecule has 0 radical (unpaired) electrons. The third-order valence-corrected chi connectivity index (χ3v) is 3.72. The normalized spacial score (nSPS) is 11.1. The van der Waals surface area contributed by atoms with E-state index in [-0.39, 0.29) is 0 Å². The number of rotatable bonds is 3. The van der Waals surface area contributed by atoms with Crippen molar-refractivity contribution in [3.8, 4) is 0 Å². The molecule has 0 aliphatic rings. The molecule has 0 aromatic carbocycles. The molecule has 0 bridgehead atoms. The summed E-state index contributed by atoms with van der Waals surface area (Å²) in [7, 11) is 0. The van der Waals surface area contributed by atoms with Crippen LogP contribution in [-0.4, -0.2) is 20.1 Å². The molecule has 0 unspecified atom stereocenters. The van der Waals surface area contributed by atoms with Gasteiger partial charge in [0.2, 0.25) is 6.39 Å². The Kier molecular flexibility index (Phi) is 2.65. The number of nitrogen functional groups attached to an aromatic ring is 1. The number of nitrogens with two attached hydrogens (primary N) is 1. The summed E-state index contributed by atoms with van der Waals surface area (Å²) in [5.41, 5.74) is 5.84. The fraction of sp³-hybridized carbons (Fsp3) is 0.111. The van der Waals surface area contributed by atoms with E-state index >= 15 is 0 Å². The average Bonchev–Trinajstić information content (AvgIpc) is 2.97. The van der Waals surface area contributed by atoms with Crippen molar-refractivity contribution in [2.45, 2.75) is 10.9 Å². The second kappa shape index (κ2) is 4.30. The second-order valence-corrected chi connectivity index (χ2v) is 5.00. The summed E-state index contributed by atoms with van der Waals surface area (Å²) in [4.78, 5) is 13.4. The summed E-state index contributed by atoms with van der Waals surface area (Å²) < 4.78 is 4.65. The van der Waals surface area contributed by atoms with Gasteiger partial charge < -0.3 is 10.3 Å². The molecular weight excluding hydrogens is 258 g/mol. The van der Waals surface area contributed by atoms with Gasteiger partial charge >= 0.3 is 0 Å². The van der Waals surface area contributed by atoms with E-state index in [4.69, 9.17) is 5.73 Å². The van der Waals surface area contributed by atoms with Crippen molar-refractivity contribution in [2.75, 3.05) is 5.73 Å². The fourth-order valence-electron chi connectivity index (χ4n) is 1.31. The minimum absolute atomic E-state index is 0.506. The van der Waals surface area contributed by atoms with Crippen molar-refractivity contribution >= 4 is 39.1 Å². The largest absolute Gasteiger partial charge is 0.383 e. The molecule has 0 atom stereocenters. The lowest BCUT2D eigenvalue weighted by molar-refractivity contribution is 0.412. The highest BCUT2D eigenvalue weighted by Crippen LogP contribution is 2.27. The van der Waals surface area contributed by atoms with E-state index in [0.29, 0.717) is 22.6 Å². The lowest BCUT2D eigenvalue weighted by Crippen LogP contribution is -1.95. The highest BCUT2D eigenvalue weighted by molar-refractivity contribution is 7.98. The third kappa shape index (κ3) is 2.08. The van der Waals surface area contributed by atoms with Gasteiger partial charge in [-0.1, -0.05) is 16.9 Å². The zero-order valence-corrected chi connectivity index (χ0v) is 10.2. The zero-order valence-electron chi connectivity index (χ0n) is 8.53. The molecular formula is C9H7N5OS2. The van der Waals surface area contributed by atoms with Crippen LogP contribution < -0.4 is 5.73 Å². The van der Waals surface area contributed by atoms with Gasteiger partial charge in [-0.05, 0) is 11.4 Å². The van der Waals surface area contributed by atoms with E-state index in [1.54, 1.807) is 11.3 Å². The third-order valence-electron chi connectivity index (χ3n) is 2.07. The van der Waals surface area contributed by atoms with Crippen LogP contribution in [0.25, 0.3) is 10.2 Å². The summed E-state index contributed by atoms with van der Waals surface area (Å²) in [6.07, 6.45) is 1.30. The summed E-state index contributed by atoms with van der Waals surface area (Å²) in [5, 5.41) is 7.19. The molecule has 0 fully saturated rings. The Hall–Kier alpha value is -1.67. The average molecular weight is 265 g/mol. The van der Waals surface area contributed by atoms with E-state index in [0.717, 1.165) is 10.2 Å². The predicted molar refractivity (Wildman–Crippen MR) is 65.7 cm³/mol. The van der Waals surface area contributed by atoms with Gasteiger partial charge in [0.15, 0.2) is 11.0 Å². The van der Waals surface area contributed by atoms with Crippen molar-refractivity contribution in [3.63, 3.8) is 0 Å². The van der Waals surface area contributed by atoms with E-state index in [1.165, 1.54) is 18.2 Å². The van der Waals surface area contributed by atoms with Gasteiger partial charge in [0.05, 0.1) is 11.1 Å². The lowest BCUT2D eigenvalue weighted by Gasteiger charge is -2.00. The van der Waals surface area contributed by atoms with Gasteiger partial charge in [0.1, 0.15) is 10.6 Å². The first-order chi connectivity index (χ1) is 8.33. The summed E-state index contributed by atoms with van der Waals surface area (Å²) in [5.74, 6) is 1.68. The number of hydrogen-bond donors (Lipinski definition) is 1. The standard InChI is InChI=1S/C9H7N5OS2/c10-7-5-1-2-16-8(5)13-9(12-7)17-3-6-11-4-15-14-6/h1-2,4H,3H2,(H2,10,12,13). The Bertz CT molecular complexity index is 636. The lowest BCUT2D eigenvalue weighted by atomic mass is 10.4. The molecule has 8 heteroatoms. The van der Waals surface area contributed by atoms with Crippen LogP contribution in [0.2, 0.25) is 0 Å². The van der Waals surface area contributed by atoms with Crippen molar-refractivity contribution in [1.29, 1.82) is 0 Å². The number of thiophene rings is 1. The van der Waals surface area contributed by atoms with Crippen LogP contribution in [0.15, 0.2) is 27.5 Å². The molecule has 86 valence electrons. The number of aromatic nitrogens is 4. The predicted octanol–water partition coefficient (Wildman–Crippen LogP) is 1.95. The molecule has 6 nitrogen and oxygen atoms in total. The van der Waals surface area contributed by atoms with Crippen LogP contribution in [0.3, 0.4) is 0 Å². The van der Waals surface area contributed by atoms with E-state index < -0.39 is 0 Å². The smallest absolute Gasteiger partial charge is 0.213 e. The number of nitrogens with zero attached hydrogens (tertiary/aromatic N) is 4. The van der Waals surface area contributed by atoms with E-state index in [1.807, 2.05) is 11.4 Å². The quantitative estimate of drug-likeness (QED) is 0.571. The van der Waals surface area contributed by atoms with Crippen LogP contribution in [0, 0.1) is 0 Å². The number of fused-ring (bicyclic) bond motifs is 1. The van der Waals surface area contributed by atoms with Gasteiger partial charge in [-0.2, -0.15) is 4.98 Å². The first kappa shape index (κ1) is 10.5. The maximum atomic E-state index is 5.84. The summed E-state index contributed by atoms with van der Waals surface area (Å²) in [6.45, 7) is 0. The maximum absolute atomic E-state index is 5.84. The molecule has 0 saturated heterocycles. The number of hydrogen-bond acceptors (Lipinski definition) is 8. The van der Waals surface area contributed by atoms with Gasteiger partial charge in [-0.25, -0.2) is 9.97 Å². The number of anilines is 1. The van der Waals surface area contributed by atoms with Crippen LogP contribution in [-0.2, 0) is 5.75 Å². The van der Waals surface area contributed by atoms with Crippen LogP contribution in [0.5, 0.6) is 0 Å². The Morgan fingerprint density at radius 3 is 3.18 bits per heavy atom. The fourth-order valence-corrected chi connectivity index (χ4v) is 2.84. The van der Waals surface area contributed by atoms with Crippen molar-refractivity contribution in [2.24, 2.45) is 0 Å². The molecule has 2 N–H and O–H groups in total. The van der Waals surface area contributed by atoms with E-state index in [9.17, 15) is 0 Å². The summed E-state index contributed by atoms with van der Waals surface area (Å²) >= 11 is 2.97. The van der Waals surface area contributed by atoms with E-state index in [2.05, 4.69) is 24.6 Å². The minimum atomic E-state index is 0.506. The first-order valence-electron chi connectivity index (χ1n) is 4.71. The Labute approximate surface area is 104 Å². The zero-order chi connectivity index (χ0) is 11.7. The Balaban J connectivity index is 1.85. The summed E-state index contributed by atoms with van der Waals surface area (Å²) in [6, 6.07) is 1.92. The molecule has 0 saturated carbocycles. The SMILES string of the molecule is Nc1nc(SCc2ncon2)nc2sccc12. The molecule has 3 rings (SSSR count). The molecule has 0 amide bonds. The van der Waals surface area contributed by atoms with Crippen LogP contribution in [0.4, 0.5) is 5.82 Å². The highest BCUT2D eigenvalue weighted by atomic mass is 32.2. The molecule has 0 aliphatic carbocycles. The number of thioether (sulfide) groups is 1. The van der Waals surface area contributed by atoms with Crippen molar-refractivity contribution < 1.29 is 4.52 Å². The van der Waals surface area contributed by atoms with Gasteiger partial charge in [-0.15, -0.1) is 11.3 Å². The van der Waals surface area contributed by atoms with Crippen LogP contribution in [0.1, 0.15) is 5.82 Å². The van der Waals surface area contributed by atoms with Crippen molar-refractivity contribution in [1.82, 2.24) is 20.1 Å². The van der Waals surface area contributed by atoms with Gasteiger partial charge in [0, 0.05) is 0 Å². The molecule has 3 aromatic rings. The first-order valence-corrected chi connectivity index (χ1v) is 6.58. The van der Waals surface area contributed by atoms with Crippen molar-refractivity contribution in [3.05, 3.63) is 23.7 Å². The molecule has 3 heterocycles. The van der Waals surface area contributed by atoms with Gasteiger partial charge in [-0.3, -0.25) is 0 Å². The molecule has 3 aromatic heterocycles. The van der Waals surface area contributed by atoms with Gasteiger partial charge in [0.25, 0.3) is 0 Å². The Morgan fingerprint density at radius 1 is 1.41 bits per heavy atom. The second-order valence-electron chi connectivity index (χ2n) is 3.17. The monoisotopic (exact) mass is 265 g/mol.